The number of hydrogen-bond donors (Lipinski definition) is 2. The molecule has 3 aromatic rings. The number of nitrogens with zero attached hydrogens (tertiary/aromatic N) is 3. The lowest BCUT2D eigenvalue weighted by molar-refractivity contribution is 0.870. The van der Waals surface area contributed by atoms with Crippen molar-refractivity contribution in [3.05, 3.63) is 22.3 Å². The zero-order valence-corrected chi connectivity index (χ0v) is 12.7. The van der Waals surface area contributed by atoms with Crippen molar-refractivity contribution in [3.63, 3.8) is 0 Å². The molecule has 0 aliphatic rings. The number of anilines is 1. The Bertz CT molecular complexity index is 733. The van der Waals surface area contributed by atoms with Crippen molar-refractivity contribution in [1.29, 1.82) is 0 Å². The van der Waals surface area contributed by atoms with E-state index in [-0.39, 0.29) is 0 Å². The summed E-state index contributed by atoms with van der Waals surface area (Å²) in [5.41, 5.74) is 9.32. The Morgan fingerprint density at radius 3 is 3.05 bits per heavy atom. The molecule has 0 saturated heterocycles. The van der Waals surface area contributed by atoms with Crippen LogP contribution in [0.3, 0.4) is 0 Å². The molecular weight excluding hydrogens is 326 g/mol. The first-order valence-electron chi connectivity index (χ1n) is 5.95. The number of fused-ring (bicyclic) bond motifs is 1. The van der Waals surface area contributed by atoms with Crippen LogP contribution in [0, 0.1) is 0 Å². The highest BCUT2D eigenvalue weighted by Gasteiger charge is 2.15. The van der Waals surface area contributed by atoms with Crippen molar-refractivity contribution >= 4 is 44.2 Å². The van der Waals surface area contributed by atoms with E-state index in [1.807, 2.05) is 12.1 Å². The number of aryl methyl sites for hydroxylation is 1. The number of aromatic amines is 1. The molecule has 98 valence electrons. The minimum Gasteiger partial charge on any atom is -0.397 e. The first kappa shape index (κ1) is 12.6. The standard InChI is InChI=1S/C12H12BrN5S/c1-2-3-8-11(19-18-17-8)12-15-9-5-6(13)4-7(14)10(9)16-12/h4-5H,2-3,14H2,1H3,(H,15,16). The maximum absolute atomic E-state index is 5.98. The fourth-order valence-corrected chi connectivity index (χ4v) is 3.13. The normalized spacial score (nSPS) is 11.3. The molecule has 0 radical (unpaired) electrons. The van der Waals surface area contributed by atoms with Gasteiger partial charge in [-0.2, -0.15) is 0 Å². The van der Waals surface area contributed by atoms with Crippen LogP contribution < -0.4 is 5.73 Å². The van der Waals surface area contributed by atoms with Crippen molar-refractivity contribution < 1.29 is 0 Å². The van der Waals surface area contributed by atoms with E-state index in [0.717, 1.165) is 44.7 Å². The SMILES string of the molecule is CCCc1nnsc1-c1nc2c(N)cc(Br)cc2[nH]1. The third kappa shape index (κ3) is 2.23. The summed E-state index contributed by atoms with van der Waals surface area (Å²) in [6.45, 7) is 2.12. The average molecular weight is 338 g/mol. The zero-order valence-electron chi connectivity index (χ0n) is 10.3. The van der Waals surface area contributed by atoms with Crippen LogP contribution in [0.5, 0.6) is 0 Å². The monoisotopic (exact) mass is 337 g/mol. The van der Waals surface area contributed by atoms with Crippen molar-refractivity contribution in [2.75, 3.05) is 5.73 Å². The third-order valence-electron chi connectivity index (χ3n) is 2.84. The molecule has 0 aliphatic heterocycles. The molecule has 5 nitrogen and oxygen atoms in total. The molecule has 1 aromatic carbocycles. The van der Waals surface area contributed by atoms with E-state index in [4.69, 9.17) is 5.73 Å². The van der Waals surface area contributed by atoms with Crippen LogP contribution in [0.25, 0.3) is 21.7 Å². The second kappa shape index (κ2) is 4.90. The van der Waals surface area contributed by atoms with E-state index < -0.39 is 0 Å². The highest BCUT2D eigenvalue weighted by atomic mass is 79.9. The molecule has 0 aliphatic carbocycles. The Balaban J connectivity index is 2.15. The number of nitrogens with one attached hydrogen (secondary N) is 1. The maximum atomic E-state index is 5.98. The largest absolute Gasteiger partial charge is 0.397 e. The van der Waals surface area contributed by atoms with Crippen molar-refractivity contribution in [2.24, 2.45) is 0 Å². The Morgan fingerprint density at radius 1 is 1.42 bits per heavy atom. The minimum atomic E-state index is 0.654. The van der Waals surface area contributed by atoms with Crippen LogP contribution in [-0.2, 0) is 6.42 Å². The molecule has 0 amide bonds. The fraction of sp³-hybridized carbons (Fsp3) is 0.250. The van der Waals surface area contributed by atoms with Crippen LogP contribution in [0.1, 0.15) is 19.0 Å². The first-order chi connectivity index (χ1) is 9.19. The number of nitrogen functional groups attached to an aromatic ring is 1. The molecule has 0 saturated carbocycles. The van der Waals surface area contributed by atoms with Gasteiger partial charge in [0.15, 0.2) is 5.82 Å². The lowest BCUT2D eigenvalue weighted by atomic mass is 10.2. The number of rotatable bonds is 3. The van der Waals surface area contributed by atoms with Crippen LogP contribution in [-0.4, -0.2) is 19.6 Å². The van der Waals surface area contributed by atoms with Gasteiger partial charge in [0, 0.05) is 4.47 Å². The van der Waals surface area contributed by atoms with Gasteiger partial charge in [-0.3, -0.25) is 0 Å². The van der Waals surface area contributed by atoms with Gasteiger partial charge in [-0.15, -0.1) is 5.10 Å². The Kier molecular flexibility index (Phi) is 3.24. The predicted molar refractivity (Wildman–Crippen MR) is 81.1 cm³/mol. The van der Waals surface area contributed by atoms with E-state index in [1.165, 1.54) is 11.5 Å². The van der Waals surface area contributed by atoms with Crippen LogP contribution in [0.4, 0.5) is 5.69 Å². The lowest BCUT2D eigenvalue weighted by Crippen LogP contribution is -1.88. The summed E-state index contributed by atoms with van der Waals surface area (Å²) in [6, 6.07) is 3.82. The summed E-state index contributed by atoms with van der Waals surface area (Å²) >= 11 is 4.79. The van der Waals surface area contributed by atoms with E-state index in [2.05, 4.69) is 42.4 Å². The summed E-state index contributed by atoms with van der Waals surface area (Å²) in [4.78, 5) is 8.85. The van der Waals surface area contributed by atoms with Gasteiger partial charge in [0.25, 0.3) is 0 Å². The molecule has 7 heteroatoms. The molecule has 0 spiro atoms. The Hall–Kier alpha value is -1.47. The summed E-state index contributed by atoms with van der Waals surface area (Å²) in [7, 11) is 0. The van der Waals surface area contributed by atoms with Gasteiger partial charge >= 0.3 is 0 Å². The van der Waals surface area contributed by atoms with Gasteiger partial charge in [-0.05, 0) is 30.1 Å². The van der Waals surface area contributed by atoms with Gasteiger partial charge < -0.3 is 10.7 Å². The quantitative estimate of drug-likeness (QED) is 0.718. The van der Waals surface area contributed by atoms with Gasteiger partial charge in [0.2, 0.25) is 0 Å². The van der Waals surface area contributed by atoms with Gasteiger partial charge in [-0.1, -0.05) is 33.8 Å². The van der Waals surface area contributed by atoms with Crippen molar-refractivity contribution in [2.45, 2.75) is 19.8 Å². The molecule has 3 N–H and O–H groups in total. The minimum absolute atomic E-state index is 0.654. The molecule has 0 atom stereocenters. The highest BCUT2D eigenvalue weighted by Crippen LogP contribution is 2.30. The number of H-pyrrole nitrogens is 1. The molecule has 0 bridgehead atoms. The number of benzene rings is 1. The average Bonchev–Trinajstić information content (AvgIpc) is 2.95. The summed E-state index contributed by atoms with van der Waals surface area (Å²) < 4.78 is 4.95. The number of imidazole rings is 1. The van der Waals surface area contributed by atoms with E-state index in [1.54, 1.807) is 0 Å². The smallest absolute Gasteiger partial charge is 0.152 e. The van der Waals surface area contributed by atoms with Gasteiger partial charge in [-0.25, -0.2) is 4.98 Å². The topological polar surface area (TPSA) is 80.5 Å². The molecule has 0 unspecified atom stereocenters. The number of hydrogen-bond acceptors (Lipinski definition) is 5. The van der Waals surface area contributed by atoms with Gasteiger partial charge in [0.1, 0.15) is 10.4 Å². The summed E-state index contributed by atoms with van der Waals surface area (Å²) in [5, 5.41) is 4.16. The molecule has 3 rings (SSSR count). The van der Waals surface area contributed by atoms with Crippen LogP contribution in [0.2, 0.25) is 0 Å². The summed E-state index contributed by atoms with van der Waals surface area (Å²) in [6.07, 6.45) is 1.94. The third-order valence-corrected chi connectivity index (χ3v) is 4.07. The second-order valence-electron chi connectivity index (χ2n) is 4.28. The number of aromatic nitrogens is 4. The highest BCUT2D eigenvalue weighted by molar-refractivity contribution is 9.10. The second-order valence-corrected chi connectivity index (χ2v) is 5.95. The maximum Gasteiger partial charge on any atom is 0.152 e. The molecular formula is C12H12BrN5S. The predicted octanol–water partition coefficient (Wildman–Crippen LogP) is 3.38. The van der Waals surface area contributed by atoms with Crippen LogP contribution >= 0.6 is 27.5 Å². The van der Waals surface area contributed by atoms with Crippen LogP contribution in [0.15, 0.2) is 16.6 Å². The summed E-state index contributed by atoms with van der Waals surface area (Å²) in [5.74, 6) is 0.790. The zero-order chi connectivity index (χ0) is 13.4. The molecule has 19 heavy (non-hydrogen) atoms. The van der Waals surface area contributed by atoms with E-state index in [0.29, 0.717) is 5.69 Å². The van der Waals surface area contributed by atoms with Crippen molar-refractivity contribution in [3.8, 4) is 10.7 Å². The van der Waals surface area contributed by atoms with E-state index in [9.17, 15) is 0 Å². The number of nitrogens with two attached hydrogens (primary N) is 1. The van der Waals surface area contributed by atoms with Gasteiger partial charge in [0.05, 0.1) is 16.9 Å². The Morgan fingerprint density at radius 2 is 2.26 bits per heavy atom. The van der Waals surface area contributed by atoms with Crippen molar-refractivity contribution in [1.82, 2.24) is 19.6 Å². The first-order valence-corrected chi connectivity index (χ1v) is 7.52. The van der Waals surface area contributed by atoms with E-state index >= 15 is 0 Å². The molecule has 0 fully saturated rings. The number of halogens is 1. The molecule has 2 aromatic heterocycles. The lowest BCUT2D eigenvalue weighted by Gasteiger charge is -1.94. The molecule has 2 heterocycles. The fourth-order valence-electron chi connectivity index (χ4n) is 2.00. The Labute approximate surface area is 122 Å².